The summed E-state index contributed by atoms with van der Waals surface area (Å²) in [6.07, 6.45) is 2.24. The van der Waals surface area contributed by atoms with Gasteiger partial charge in [0.1, 0.15) is 0 Å². The summed E-state index contributed by atoms with van der Waals surface area (Å²) in [5, 5.41) is 5.19. The van der Waals surface area contributed by atoms with Crippen LogP contribution >= 0.6 is 0 Å². The molecule has 0 aliphatic carbocycles. The third kappa shape index (κ3) is 6.12. The standard InChI is InChI=1S/C21H26N4O3/c1-3-4-12-25(2)18-10-8-15(9-11-18)21(28)24-17-7-5-6-16(13-17)20(27)23-14-19(22)26/h5-11,13H,3-4,12,14H2,1-2H3,(H2,22,26)(H,23,27)(H,24,28). The van der Waals surface area contributed by atoms with Crippen molar-refractivity contribution in [3.63, 3.8) is 0 Å². The molecule has 0 bridgehead atoms. The van der Waals surface area contributed by atoms with Gasteiger partial charge in [-0.2, -0.15) is 0 Å². The number of hydrogen-bond donors (Lipinski definition) is 3. The molecule has 4 N–H and O–H groups in total. The van der Waals surface area contributed by atoms with Crippen LogP contribution in [0.3, 0.4) is 0 Å². The molecule has 148 valence electrons. The summed E-state index contributed by atoms with van der Waals surface area (Å²) in [5.74, 6) is -1.33. The average molecular weight is 382 g/mol. The number of unbranched alkanes of at least 4 members (excludes halogenated alkanes) is 1. The van der Waals surface area contributed by atoms with Crippen LogP contribution in [0.15, 0.2) is 48.5 Å². The number of nitrogens with one attached hydrogen (secondary N) is 2. The van der Waals surface area contributed by atoms with Crippen LogP contribution in [0.4, 0.5) is 11.4 Å². The van der Waals surface area contributed by atoms with E-state index in [0.717, 1.165) is 25.1 Å². The predicted molar refractivity (Wildman–Crippen MR) is 111 cm³/mol. The van der Waals surface area contributed by atoms with Gasteiger partial charge in [-0.15, -0.1) is 0 Å². The van der Waals surface area contributed by atoms with Crippen LogP contribution in [0.1, 0.15) is 40.5 Å². The highest BCUT2D eigenvalue weighted by atomic mass is 16.2. The van der Waals surface area contributed by atoms with Crippen molar-refractivity contribution in [2.45, 2.75) is 19.8 Å². The molecule has 0 aliphatic rings. The molecule has 0 unspecified atom stereocenters. The van der Waals surface area contributed by atoms with Crippen molar-refractivity contribution in [3.05, 3.63) is 59.7 Å². The van der Waals surface area contributed by atoms with Gasteiger partial charge < -0.3 is 21.3 Å². The zero-order valence-corrected chi connectivity index (χ0v) is 16.2. The second-order valence-electron chi connectivity index (χ2n) is 6.51. The summed E-state index contributed by atoms with van der Waals surface area (Å²) in [6, 6.07) is 13.9. The van der Waals surface area contributed by atoms with Crippen LogP contribution in [0.2, 0.25) is 0 Å². The molecule has 0 atom stereocenters. The van der Waals surface area contributed by atoms with Crippen molar-refractivity contribution in [2.24, 2.45) is 5.73 Å². The molecule has 2 rings (SSSR count). The molecule has 7 heteroatoms. The lowest BCUT2D eigenvalue weighted by Gasteiger charge is -2.19. The number of benzene rings is 2. The summed E-state index contributed by atoms with van der Waals surface area (Å²) >= 11 is 0. The van der Waals surface area contributed by atoms with Gasteiger partial charge in [-0.25, -0.2) is 0 Å². The summed E-state index contributed by atoms with van der Waals surface area (Å²) in [5.41, 5.74) is 7.41. The van der Waals surface area contributed by atoms with Gasteiger partial charge in [-0.1, -0.05) is 19.4 Å². The highest BCUT2D eigenvalue weighted by molar-refractivity contribution is 6.05. The average Bonchev–Trinajstić information content (AvgIpc) is 2.70. The molecule has 2 aromatic rings. The van der Waals surface area contributed by atoms with Crippen molar-refractivity contribution in [1.29, 1.82) is 0 Å². The fourth-order valence-electron chi connectivity index (χ4n) is 2.60. The number of nitrogens with zero attached hydrogens (tertiary/aromatic N) is 1. The number of rotatable bonds is 9. The van der Waals surface area contributed by atoms with E-state index in [4.69, 9.17) is 5.73 Å². The van der Waals surface area contributed by atoms with E-state index in [2.05, 4.69) is 22.5 Å². The number of carbonyl (C=O) groups is 3. The molecule has 0 spiro atoms. The van der Waals surface area contributed by atoms with Crippen molar-refractivity contribution in [2.75, 3.05) is 30.4 Å². The molecule has 0 heterocycles. The quantitative estimate of drug-likeness (QED) is 0.619. The minimum Gasteiger partial charge on any atom is -0.375 e. The molecule has 0 radical (unpaired) electrons. The third-order valence-corrected chi connectivity index (χ3v) is 4.22. The van der Waals surface area contributed by atoms with Crippen LogP contribution < -0.4 is 21.3 Å². The lowest BCUT2D eigenvalue weighted by Crippen LogP contribution is -2.33. The van der Waals surface area contributed by atoms with Gasteiger partial charge in [0.15, 0.2) is 0 Å². The SMILES string of the molecule is CCCCN(C)c1ccc(C(=O)Nc2cccc(C(=O)NCC(N)=O)c2)cc1. The Morgan fingerprint density at radius 1 is 1.00 bits per heavy atom. The molecule has 0 aromatic heterocycles. The first-order valence-electron chi connectivity index (χ1n) is 9.20. The van der Waals surface area contributed by atoms with Gasteiger partial charge in [0.05, 0.1) is 6.54 Å². The summed E-state index contributed by atoms with van der Waals surface area (Å²) in [6.45, 7) is 2.87. The first-order chi connectivity index (χ1) is 13.4. The molecule has 7 nitrogen and oxygen atoms in total. The Hall–Kier alpha value is -3.35. The van der Waals surface area contributed by atoms with Crippen LogP contribution in [0.25, 0.3) is 0 Å². The fourth-order valence-corrected chi connectivity index (χ4v) is 2.60. The number of primary amides is 1. The first kappa shape index (κ1) is 21.0. The van der Waals surface area contributed by atoms with E-state index in [0.29, 0.717) is 16.8 Å². The minimum atomic E-state index is -0.624. The molecule has 3 amide bonds. The number of hydrogen-bond acceptors (Lipinski definition) is 4. The highest BCUT2D eigenvalue weighted by Crippen LogP contribution is 2.17. The topological polar surface area (TPSA) is 105 Å². The third-order valence-electron chi connectivity index (χ3n) is 4.22. The molecule has 2 aromatic carbocycles. The maximum Gasteiger partial charge on any atom is 0.255 e. The molecule has 0 saturated carbocycles. The summed E-state index contributed by atoms with van der Waals surface area (Å²) in [4.78, 5) is 37.4. The molecule has 28 heavy (non-hydrogen) atoms. The van der Waals surface area contributed by atoms with Crippen molar-refractivity contribution in [3.8, 4) is 0 Å². The number of carbonyl (C=O) groups excluding carboxylic acids is 3. The first-order valence-corrected chi connectivity index (χ1v) is 9.20. The lowest BCUT2D eigenvalue weighted by molar-refractivity contribution is -0.117. The Morgan fingerprint density at radius 3 is 2.36 bits per heavy atom. The Morgan fingerprint density at radius 2 is 1.71 bits per heavy atom. The Balaban J connectivity index is 2.01. The second kappa shape index (κ2) is 10.1. The zero-order chi connectivity index (χ0) is 20.5. The van der Waals surface area contributed by atoms with E-state index >= 15 is 0 Å². The largest absolute Gasteiger partial charge is 0.375 e. The number of amides is 3. The van der Waals surface area contributed by atoms with E-state index in [1.807, 2.05) is 19.2 Å². The smallest absolute Gasteiger partial charge is 0.255 e. The van der Waals surface area contributed by atoms with Crippen LogP contribution in [0, 0.1) is 0 Å². The van der Waals surface area contributed by atoms with Gasteiger partial charge in [0, 0.05) is 36.1 Å². The normalized spacial score (nSPS) is 10.2. The van der Waals surface area contributed by atoms with Gasteiger partial charge in [0.2, 0.25) is 5.91 Å². The van der Waals surface area contributed by atoms with E-state index in [-0.39, 0.29) is 12.5 Å². The van der Waals surface area contributed by atoms with Crippen LogP contribution in [-0.4, -0.2) is 37.9 Å². The Kier molecular flexibility index (Phi) is 7.56. The highest BCUT2D eigenvalue weighted by Gasteiger charge is 2.10. The lowest BCUT2D eigenvalue weighted by atomic mass is 10.1. The van der Waals surface area contributed by atoms with E-state index in [9.17, 15) is 14.4 Å². The van der Waals surface area contributed by atoms with Crippen molar-refractivity contribution >= 4 is 29.1 Å². The van der Waals surface area contributed by atoms with E-state index in [1.54, 1.807) is 36.4 Å². The van der Waals surface area contributed by atoms with Gasteiger partial charge in [-0.05, 0) is 48.9 Å². The molecule has 0 saturated heterocycles. The predicted octanol–water partition coefficient (Wildman–Crippen LogP) is 2.39. The van der Waals surface area contributed by atoms with Crippen LogP contribution in [0.5, 0.6) is 0 Å². The number of anilines is 2. The zero-order valence-electron chi connectivity index (χ0n) is 16.2. The Labute approximate surface area is 164 Å². The monoisotopic (exact) mass is 382 g/mol. The fraction of sp³-hybridized carbons (Fsp3) is 0.286. The van der Waals surface area contributed by atoms with Crippen LogP contribution in [-0.2, 0) is 4.79 Å². The second-order valence-corrected chi connectivity index (χ2v) is 6.51. The minimum absolute atomic E-state index is 0.242. The van der Waals surface area contributed by atoms with Gasteiger partial charge in [0.25, 0.3) is 11.8 Å². The maximum absolute atomic E-state index is 12.5. The molecule has 0 fully saturated rings. The van der Waals surface area contributed by atoms with Crippen molar-refractivity contribution in [1.82, 2.24) is 5.32 Å². The summed E-state index contributed by atoms with van der Waals surface area (Å²) in [7, 11) is 2.03. The van der Waals surface area contributed by atoms with Gasteiger partial charge in [-0.3, -0.25) is 14.4 Å². The van der Waals surface area contributed by atoms with E-state index in [1.165, 1.54) is 0 Å². The Bertz CT molecular complexity index is 834. The summed E-state index contributed by atoms with van der Waals surface area (Å²) < 4.78 is 0. The molecular weight excluding hydrogens is 356 g/mol. The molecule has 0 aliphatic heterocycles. The van der Waals surface area contributed by atoms with Crippen molar-refractivity contribution < 1.29 is 14.4 Å². The van der Waals surface area contributed by atoms with E-state index < -0.39 is 11.8 Å². The maximum atomic E-state index is 12.5. The van der Waals surface area contributed by atoms with Gasteiger partial charge >= 0.3 is 0 Å². The molecular formula is C21H26N4O3. The number of nitrogens with two attached hydrogens (primary N) is 1.